The average molecular weight is 210 g/mol. The summed E-state index contributed by atoms with van der Waals surface area (Å²) in [6, 6.07) is 1.95. The van der Waals surface area contributed by atoms with Crippen LogP contribution in [0.2, 0.25) is 0 Å². The molecule has 0 spiro atoms. The molecule has 1 aromatic rings. The second kappa shape index (κ2) is 5.38. The second-order valence-corrected chi connectivity index (χ2v) is 3.58. The zero-order valence-electron chi connectivity index (χ0n) is 9.45. The smallest absolute Gasteiger partial charge is 0.315 e. The molecule has 1 unspecified atom stereocenters. The summed E-state index contributed by atoms with van der Waals surface area (Å²) in [5.74, 6) is 0. The van der Waals surface area contributed by atoms with Gasteiger partial charge >= 0.3 is 6.03 Å². The van der Waals surface area contributed by atoms with E-state index in [0.717, 1.165) is 12.1 Å². The van der Waals surface area contributed by atoms with Crippen molar-refractivity contribution in [2.75, 3.05) is 0 Å². The van der Waals surface area contributed by atoms with Crippen LogP contribution < -0.4 is 10.6 Å². The van der Waals surface area contributed by atoms with Gasteiger partial charge in [-0.3, -0.25) is 4.68 Å². The minimum absolute atomic E-state index is 0.134. The van der Waals surface area contributed by atoms with E-state index in [1.807, 2.05) is 27.0 Å². The van der Waals surface area contributed by atoms with Crippen LogP contribution in [0.25, 0.3) is 0 Å². The molecule has 1 rings (SSSR count). The molecule has 1 atom stereocenters. The zero-order chi connectivity index (χ0) is 11.3. The van der Waals surface area contributed by atoms with Crippen molar-refractivity contribution in [1.29, 1.82) is 0 Å². The van der Waals surface area contributed by atoms with Gasteiger partial charge in [-0.15, -0.1) is 0 Å². The quantitative estimate of drug-likeness (QED) is 0.779. The summed E-state index contributed by atoms with van der Waals surface area (Å²) in [5, 5.41) is 9.63. The van der Waals surface area contributed by atoms with Gasteiger partial charge in [0, 0.05) is 19.3 Å². The molecule has 0 radical (unpaired) electrons. The van der Waals surface area contributed by atoms with Crippen LogP contribution in [0.15, 0.2) is 12.3 Å². The lowest BCUT2D eigenvalue weighted by molar-refractivity contribution is 0.237. The van der Waals surface area contributed by atoms with Crippen molar-refractivity contribution in [1.82, 2.24) is 20.4 Å². The van der Waals surface area contributed by atoms with Crippen molar-refractivity contribution in [3.63, 3.8) is 0 Å². The Hall–Kier alpha value is -1.52. The number of carbonyl (C=O) groups is 1. The van der Waals surface area contributed by atoms with Crippen molar-refractivity contribution in [2.45, 2.75) is 32.9 Å². The molecular weight excluding hydrogens is 192 g/mol. The van der Waals surface area contributed by atoms with Gasteiger partial charge in [-0.2, -0.15) is 5.10 Å². The van der Waals surface area contributed by atoms with Gasteiger partial charge in [0.2, 0.25) is 0 Å². The predicted molar refractivity (Wildman–Crippen MR) is 58.3 cm³/mol. The Kier molecular flexibility index (Phi) is 4.15. The molecule has 2 N–H and O–H groups in total. The van der Waals surface area contributed by atoms with Crippen LogP contribution in [0.5, 0.6) is 0 Å². The lowest BCUT2D eigenvalue weighted by Crippen LogP contribution is -2.40. The highest BCUT2D eigenvalue weighted by atomic mass is 16.2. The minimum Gasteiger partial charge on any atom is -0.336 e. The fourth-order valence-electron chi connectivity index (χ4n) is 1.12. The van der Waals surface area contributed by atoms with Gasteiger partial charge in [0.25, 0.3) is 0 Å². The molecule has 1 aromatic heterocycles. The van der Waals surface area contributed by atoms with Gasteiger partial charge in [0.1, 0.15) is 0 Å². The third-order valence-corrected chi connectivity index (χ3v) is 2.34. The number of aromatic nitrogens is 2. The van der Waals surface area contributed by atoms with Crippen molar-refractivity contribution < 1.29 is 4.79 Å². The Morgan fingerprint density at radius 3 is 2.93 bits per heavy atom. The molecule has 0 aliphatic heterocycles. The molecule has 0 fully saturated rings. The average Bonchev–Trinajstić information content (AvgIpc) is 2.61. The van der Waals surface area contributed by atoms with E-state index >= 15 is 0 Å². The second-order valence-electron chi connectivity index (χ2n) is 3.58. The molecule has 0 bridgehead atoms. The third-order valence-electron chi connectivity index (χ3n) is 2.34. The normalized spacial score (nSPS) is 12.2. The Morgan fingerprint density at radius 1 is 1.67 bits per heavy atom. The Balaban J connectivity index is 2.31. The van der Waals surface area contributed by atoms with Gasteiger partial charge < -0.3 is 10.6 Å². The first-order valence-corrected chi connectivity index (χ1v) is 5.14. The Labute approximate surface area is 89.9 Å². The molecule has 5 nitrogen and oxygen atoms in total. The van der Waals surface area contributed by atoms with E-state index in [-0.39, 0.29) is 12.1 Å². The number of nitrogens with zero attached hydrogens (tertiary/aromatic N) is 2. The van der Waals surface area contributed by atoms with E-state index in [0.29, 0.717) is 6.54 Å². The number of aryl methyl sites for hydroxylation is 1. The van der Waals surface area contributed by atoms with E-state index < -0.39 is 0 Å². The van der Waals surface area contributed by atoms with Crippen molar-refractivity contribution in [3.05, 3.63) is 18.0 Å². The van der Waals surface area contributed by atoms with Gasteiger partial charge in [-0.05, 0) is 19.4 Å². The molecule has 2 amide bonds. The van der Waals surface area contributed by atoms with Crippen molar-refractivity contribution in [2.24, 2.45) is 7.05 Å². The van der Waals surface area contributed by atoms with Crippen LogP contribution in [0.1, 0.15) is 26.0 Å². The summed E-state index contributed by atoms with van der Waals surface area (Å²) in [4.78, 5) is 11.4. The van der Waals surface area contributed by atoms with E-state index in [1.54, 1.807) is 10.9 Å². The summed E-state index contributed by atoms with van der Waals surface area (Å²) in [6.07, 6.45) is 2.64. The fraction of sp³-hybridized carbons (Fsp3) is 0.600. The molecular formula is C10H18N4O. The molecule has 0 saturated carbocycles. The van der Waals surface area contributed by atoms with Crippen LogP contribution in [0, 0.1) is 0 Å². The minimum atomic E-state index is -0.134. The van der Waals surface area contributed by atoms with Crippen LogP contribution >= 0.6 is 0 Å². The number of nitrogens with one attached hydrogen (secondary N) is 2. The number of urea groups is 1. The number of hydrogen-bond acceptors (Lipinski definition) is 2. The van der Waals surface area contributed by atoms with Crippen LogP contribution in [0.4, 0.5) is 4.79 Å². The highest BCUT2D eigenvalue weighted by Crippen LogP contribution is 1.95. The zero-order valence-corrected chi connectivity index (χ0v) is 9.45. The highest BCUT2D eigenvalue weighted by molar-refractivity contribution is 5.74. The maximum atomic E-state index is 11.4. The van der Waals surface area contributed by atoms with Crippen molar-refractivity contribution in [3.8, 4) is 0 Å². The molecule has 15 heavy (non-hydrogen) atoms. The van der Waals surface area contributed by atoms with E-state index in [4.69, 9.17) is 0 Å². The Bertz CT molecular complexity index is 321. The number of amides is 2. The summed E-state index contributed by atoms with van der Waals surface area (Å²) in [6.45, 7) is 4.51. The third kappa shape index (κ3) is 3.61. The maximum absolute atomic E-state index is 11.4. The molecule has 0 aliphatic rings. The van der Waals surface area contributed by atoms with Gasteiger partial charge in [-0.25, -0.2) is 4.79 Å². The SMILES string of the molecule is CCC(C)NC(=O)NCc1ccnn1C. The van der Waals surface area contributed by atoms with Crippen molar-refractivity contribution >= 4 is 6.03 Å². The largest absolute Gasteiger partial charge is 0.336 e. The molecule has 0 aromatic carbocycles. The lowest BCUT2D eigenvalue weighted by Gasteiger charge is -2.12. The van der Waals surface area contributed by atoms with E-state index in [1.165, 1.54) is 0 Å². The number of rotatable bonds is 4. The van der Waals surface area contributed by atoms with E-state index in [9.17, 15) is 4.79 Å². The van der Waals surface area contributed by atoms with Gasteiger partial charge in [0.05, 0.1) is 12.2 Å². The lowest BCUT2D eigenvalue weighted by atomic mass is 10.3. The monoisotopic (exact) mass is 210 g/mol. The van der Waals surface area contributed by atoms with Gasteiger partial charge in [0.15, 0.2) is 0 Å². The van der Waals surface area contributed by atoms with Crippen LogP contribution in [-0.2, 0) is 13.6 Å². The Morgan fingerprint density at radius 2 is 2.40 bits per heavy atom. The first-order chi connectivity index (χ1) is 7.13. The summed E-state index contributed by atoms with van der Waals surface area (Å²) in [7, 11) is 1.85. The predicted octanol–water partition coefficient (Wildman–Crippen LogP) is 1.02. The first-order valence-electron chi connectivity index (χ1n) is 5.14. The number of hydrogen-bond donors (Lipinski definition) is 2. The molecule has 5 heteroatoms. The standard InChI is InChI=1S/C10H18N4O/c1-4-8(2)13-10(15)11-7-9-5-6-12-14(9)3/h5-6,8H,4,7H2,1-3H3,(H2,11,13,15). The maximum Gasteiger partial charge on any atom is 0.315 e. The summed E-state index contributed by atoms with van der Waals surface area (Å²) < 4.78 is 1.74. The first kappa shape index (κ1) is 11.6. The summed E-state index contributed by atoms with van der Waals surface area (Å²) in [5.41, 5.74) is 0.981. The molecule has 0 aliphatic carbocycles. The van der Waals surface area contributed by atoms with E-state index in [2.05, 4.69) is 15.7 Å². The fourth-order valence-corrected chi connectivity index (χ4v) is 1.12. The number of carbonyl (C=O) groups excluding carboxylic acids is 1. The topological polar surface area (TPSA) is 59.0 Å². The molecule has 84 valence electrons. The van der Waals surface area contributed by atoms with Crippen LogP contribution in [-0.4, -0.2) is 21.9 Å². The highest BCUT2D eigenvalue weighted by Gasteiger charge is 2.05. The van der Waals surface area contributed by atoms with Crippen LogP contribution in [0.3, 0.4) is 0 Å². The molecule has 1 heterocycles. The summed E-state index contributed by atoms with van der Waals surface area (Å²) >= 11 is 0. The molecule has 0 saturated heterocycles. The van der Waals surface area contributed by atoms with Gasteiger partial charge in [-0.1, -0.05) is 6.92 Å².